The van der Waals surface area contributed by atoms with E-state index in [0.717, 1.165) is 12.1 Å². The molecule has 0 saturated heterocycles. The van der Waals surface area contributed by atoms with Crippen molar-refractivity contribution in [1.82, 2.24) is 10.0 Å². The molecule has 4 nitrogen and oxygen atoms in total. The standard InChI is InChI=1S/C13H20F2N2O2S/c1-4-17-20(18,19)6-5-16-10(3)11-8-12(14)9(2)7-13(11)15/h7-8,10,16-17H,4-6H2,1-3H3. The first-order valence-corrected chi connectivity index (χ1v) is 8.08. The molecule has 0 radical (unpaired) electrons. The van der Waals surface area contributed by atoms with E-state index in [9.17, 15) is 17.2 Å². The Labute approximate surface area is 118 Å². The molecule has 114 valence electrons. The van der Waals surface area contributed by atoms with Crippen molar-refractivity contribution in [3.63, 3.8) is 0 Å². The third kappa shape index (κ3) is 4.81. The summed E-state index contributed by atoms with van der Waals surface area (Å²) in [6.07, 6.45) is 0. The molecule has 20 heavy (non-hydrogen) atoms. The fourth-order valence-electron chi connectivity index (χ4n) is 1.81. The molecule has 0 aliphatic carbocycles. The predicted molar refractivity (Wildman–Crippen MR) is 75.0 cm³/mol. The summed E-state index contributed by atoms with van der Waals surface area (Å²) in [6, 6.07) is 1.81. The van der Waals surface area contributed by atoms with Crippen molar-refractivity contribution in [3.05, 3.63) is 34.9 Å². The van der Waals surface area contributed by atoms with Gasteiger partial charge in [0.15, 0.2) is 0 Å². The van der Waals surface area contributed by atoms with Crippen molar-refractivity contribution in [1.29, 1.82) is 0 Å². The van der Waals surface area contributed by atoms with Crippen LogP contribution in [0.3, 0.4) is 0 Å². The molecule has 1 rings (SSSR count). The molecule has 7 heteroatoms. The average molecular weight is 306 g/mol. The van der Waals surface area contributed by atoms with E-state index in [1.54, 1.807) is 13.8 Å². The lowest BCUT2D eigenvalue weighted by atomic mass is 10.1. The number of nitrogens with one attached hydrogen (secondary N) is 2. The molecule has 0 spiro atoms. The zero-order chi connectivity index (χ0) is 15.3. The maximum Gasteiger partial charge on any atom is 0.212 e. The van der Waals surface area contributed by atoms with Gasteiger partial charge < -0.3 is 5.32 Å². The van der Waals surface area contributed by atoms with E-state index in [4.69, 9.17) is 0 Å². The van der Waals surface area contributed by atoms with Gasteiger partial charge in [-0.1, -0.05) is 6.92 Å². The Hall–Kier alpha value is -1.05. The van der Waals surface area contributed by atoms with Crippen LogP contribution in [0, 0.1) is 18.6 Å². The quantitative estimate of drug-likeness (QED) is 0.808. The number of hydrogen-bond donors (Lipinski definition) is 2. The molecule has 0 aliphatic heterocycles. The van der Waals surface area contributed by atoms with Crippen molar-refractivity contribution in [2.24, 2.45) is 0 Å². The highest BCUT2D eigenvalue weighted by atomic mass is 32.2. The number of hydrogen-bond acceptors (Lipinski definition) is 3. The van der Waals surface area contributed by atoms with Gasteiger partial charge in [-0.15, -0.1) is 0 Å². The Morgan fingerprint density at radius 2 is 1.90 bits per heavy atom. The van der Waals surface area contributed by atoms with Gasteiger partial charge in [0.05, 0.1) is 5.75 Å². The van der Waals surface area contributed by atoms with Crippen LogP contribution in [0.2, 0.25) is 0 Å². The number of halogens is 2. The van der Waals surface area contributed by atoms with E-state index < -0.39 is 27.7 Å². The molecule has 0 aliphatic rings. The van der Waals surface area contributed by atoms with E-state index in [-0.39, 0.29) is 23.4 Å². The first-order valence-electron chi connectivity index (χ1n) is 6.43. The lowest BCUT2D eigenvalue weighted by Crippen LogP contribution is -2.33. The molecule has 0 saturated carbocycles. The number of rotatable bonds is 7. The second kappa shape index (κ2) is 7.10. The van der Waals surface area contributed by atoms with Gasteiger partial charge in [-0.3, -0.25) is 0 Å². The summed E-state index contributed by atoms with van der Waals surface area (Å²) in [7, 11) is -3.31. The Kier molecular flexibility index (Phi) is 6.04. The highest BCUT2D eigenvalue weighted by Gasteiger charge is 2.15. The fraction of sp³-hybridized carbons (Fsp3) is 0.538. The van der Waals surface area contributed by atoms with Crippen LogP contribution < -0.4 is 10.0 Å². The van der Waals surface area contributed by atoms with Crippen LogP contribution in [0.4, 0.5) is 8.78 Å². The zero-order valence-corrected chi connectivity index (χ0v) is 12.7. The summed E-state index contributed by atoms with van der Waals surface area (Å²) >= 11 is 0. The second-order valence-corrected chi connectivity index (χ2v) is 6.54. The van der Waals surface area contributed by atoms with Crippen molar-refractivity contribution in [2.75, 3.05) is 18.8 Å². The number of benzene rings is 1. The Balaban J connectivity index is 2.64. The van der Waals surface area contributed by atoms with Crippen LogP contribution in [0.5, 0.6) is 0 Å². The minimum Gasteiger partial charge on any atom is -0.309 e. The van der Waals surface area contributed by atoms with Crippen LogP contribution in [-0.4, -0.2) is 27.3 Å². The first-order chi connectivity index (χ1) is 9.26. The second-order valence-electron chi connectivity index (χ2n) is 4.62. The van der Waals surface area contributed by atoms with Gasteiger partial charge in [-0.2, -0.15) is 0 Å². The van der Waals surface area contributed by atoms with Crippen LogP contribution in [0.1, 0.15) is 31.0 Å². The van der Waals surface area contributed by atoms with Gasteiger partial charge in [-0.05, 0) is 31.5 Å². The smallest absolute Gasteiger partial charge is 0.212 e. The largest absolute Gasteiger partial charge is 0.309 e. The zero-order valence-electron chi connectivity index (χ0n) is 11.8. The number of sulfonamides is 1. The first kappa shape index (κ1) is 17.0. The predicted octanol–water partition coefficient (Wildman–Crippen LogP) is 1.86. The van der Waals surface area contributed by atoms with Crippen LogP contribution in [-0.2, 0) is 10.0 Å². The van der Waals surface area contributed by atoms with Crippen LogP contribution >= 0.6 is 0 Å². The molecule has 1 aromatic carbocycles. The van der Waals surface area contributed by atoms with Gasteiger partial charge in [0.25, 0.3) is 0 Å². The number of aryl methyl sites for hydroxylation is 1. The monoisotopic (exact) mass is 306 g/mol. The van der Waals surface area contributed by atoms with Crippen molar-refractivity contribution >= 4 is 10.0 Å². The summed E-state index contributed by atoms with van der Waals surface area (Å²) < 4.78 is 52.4. The summed E-state index contributed by atoms with van der Waals surface area (Å²) in [5.74, 6) is -1.09. The van der Waals surface area contributed by atoms with E-state index in [2.05, 4.69) is 10.0 Å². The molecule has 2 N–H and O–H groups in total. The van der Waals surface area contributed by atoms with Crippen molar-refractivity contribution in [3.8, 4) is 0 Å². The van der Waals surface area contributed by atoms with Gasteiger partial charge in [0.2, 0.25) is 10.0 Å². The summed E-state index contributed by atoms with van der Waals surface area (Å²) in [5.41, 5.74) is 0.433. The molecule has 1 atom stereocenters. The molecule has 0 bridgehead atoms. The molecule has 0 fully saturated rings. The van der Waals surface area contributed by atoms with E-state index >= 15 is 0 Å². The minimum atomic E-state index is -3.31. The average Bonchev–Trinajstić information content (AvgIpc) is 2.33. The van der Waals surface area contributed by atoms with Gasteiger partial charge in [0, 0.05) is 24.7 Å². The highest BCUT2D eigenvalue weighted by Crippen LogP contribution is 2.20. The molecule has 0 amide bonds. The third-order valence-electron chi connectivity index (χ3n) is 2.93. The maximum atomic E-state index is 13.7. The van der Waals surface area contributed by atoms with E-state index in [0.29, 0.717) is 6.54 Å². The Morgan fingerprint density at radius 3 is 2.50 bits per heavy atom. The molecule has 1 unspecified atom stereocenters. The molecule has 0 heterocycles. The van der Waals surface area contributed by atoms with Crippen molar-refractivity contribution in [2.45, 2.75) is 26.8 Å². The third-order valence-corrected chi connectivity index (χ3v) is 4.40. The topological polar surface area (TPSA) is 58.2 Å². The lowest BCUT2D eigenvalue weighted by Gasteiger charge is -2.16. The van der Waals surface area contributed by atoms with Crippen LogP contribution in [0.15, 0.2) is 12.1 Å². The Morgan fingerprint density at radius 1 is 1.25 bits per heavy atom. The summed E-state index contributed by atoms with van der Waals surface area (Å²) in [6.45, 7) is 5.33. The molecule has 0 aromatic heterocycles. The summed E-state index contributed by atoms with van der Waals surface area (Å²) in [5, 5.41) is 2.88. The Bertz CT molecular complexity index is 562. The van der Waals surface area contributed by atoms with Gasteiger partial charge in [0.1, 0.15) is 11.6 Å². The van der Waals surface area contributed by atoms with Gasteiger partial charge in [-0.25, -0.2) is 21.9 Å². The minimum absolute atomic E-state index is 0.110. The molecular weight excluding hydrogens is 286 g/mol. The normalized spacial score (nSPS) is 13.4. The SMILES string of the molecule is CCNS(=O)(=O)CCNC(C)c1cc(F)c(C)cc1F. The van der Waals surface area contributed by atoms with Gasteiger partial charge >= 0.3 is 0 Å². The lowest BCUT2D eigenvalue weighted by molar-refractivity contribution is 0.523. The molecule has 1 aromatic rings. The fourth-order valence-corrected chi connectivity index (χ4v) is 2.78. The highest BCUT2D eigenvalue weighted by molar-refractivity contribution is 7.89. The van der Waals surface area contributed by atoms with Crippen LogP contribution in [0.25, 0.3) is 0 Å². The molecular formula is C13H20F2N2O2S. The summed E-state index contributed by atoms with van der Waals surface area (Å²) in [4.78, 5) is 0. The maximum absolute atomic E-state index is 13.7. The van der Waals surface area contributed by atoms with E-state index in [1.165, 1.54) is 6.92 Å². The van der Waals surface area contributed by atoms with Crippen molar-refractivity contribution < 1.29 is 17.2 Å². The van der Waals surface area contributed by atoms with E-state index in [1.807, 2.05) is 0 Å².